The Labute approximate surface area is 328 Å². The van der Waals surface area contributed by atoms with E-state index in [1.54, 1.807) is 9.80 Å². The minimum atomic E-state index is -0.824. The van der Waals surface area contributed by atoms with Gasteiger partial charge in [0, 0.05) is 38.8 Å². The van der Waals surface area contributed by atoms with Gasteiger partial charge >= 0.3 is 0 Å². The zero-order valence-electron chi connectivity index (χ0n) is 31.8. The highest BCUT2D eigenvalue weighted by atomic mass is 16.5. The van der Waals surface area contributed by atoms with E-state index in [2.05, 4.69) is 15.3 Å². The molecule has 0 aliphatic carbocycles. The summed E-state index contributed by atoms with van der Waals surface area (Å²) in [6.07, 6.45) is 5.85. The van der Waals surface area contributed by atoms with Crippen LogP contribution in [0.15, 0.2) is 119 Å². The third-order valence-corrected chi connectivity index (χ3v) is 9.57. The number of aliphatic imine (C=N–C) groups is 2. The van der Waals surface area contributed by atoms with E-state index in [0.717, 1.165) is 27.5 Å². The lowest BCUT2D eigenvalue weighted by Gasteiger charge is -2.32. The zero-order chi connectivity index (χ0) is 39.7. The first-order chi connectivity index (χ1) is 27.1. The molecule has 1 heterocycles. The molecule has 9 N–H and O–H groups in total. The smallest absolute Gasteiger partial charge is 0.243 e. The fraction of sp³-hybridized carbons (Fsp3) is 0.326. The summed E-state index contributed by atoms with van der Waals surface area (Å²) in [6.45, 7) is 1.82. The van der Waals surface area contributed by atoms with Crippen molar-refractivity contribution in [3.8, 4) is 5.75 Å². The van der Waals surface area contributed by atoms with Crippen molar-refractivity contribution in [1.82, 2.24) is 15.1 Å². The molecule has 3 amide bonds. The van der Waals surface area contributed by atoms with Crippen LogP contribution in [-0.2, 0) is 33.8 Å². The second-order valence-electron chi connectivity index (χ2n) is 13.9. The van der Waals surface area contributed by atoms with E-state index in [9.17, 15) is 14.4 Å². The first kappa shape index (κ1) is 40.8. The Morgan fingerprint density at radius 1 is 0.696 bits per heavy atom. The minimum absolute atomic E-state index is 0.0156. The summed E-state index contributed by atoms with van der Waals surface area (Å²) >= 11 is 0. The molecule has 13 nitrogen and oxygen atoms in total. The van der Waals surface area contributed by atoms with E-state index < -0.39 is 12.1 Å². The van der Waals surface area contributed by atoms with Gasteiger partial charge in [-0.2, -0.15) is 0 Å². The van der Waals surface area contributed by atoms with Crippen molar-refractivity contribution in [3.63, 3.8) is 0 Å². The lowest BCUT2D eigenvalue weighted by Crippen LogP contribution is -2.54. The van der Waals surface area contributed by atoms with Crippen molar-refractivity contribution < 1.29 is 19.1 Å². The first-order valence-electron chi connectivity index (χ1n) is 19.0. The van der Waals surface area contributed by atoms with Gasteiger partial charge in [0.15, 0.2) is 11.9 Å². The van der Waals surface area contributed by atoms with E-state index in [1.807, 2.05) is 109 Å². The van der Waals surface area contributed by atoms with Crippen LogP contribution in [0.5, 0.6) is 5.75 Å². The topological polar surface area (TPSA) is 208 Å². The summed E-state index contributed by atoms with van der Waals surface area (Å²) in [5, 5.41) is 5.35. The predicted molar refractivity (Wildman–Crippen MR) is 222 cm³/mol. The number of hydrogen-bond donors (Lipinski definition) is 5. The average molecular weight is 760 g/mol. The molecule has 0 aromatic heterocycles. The van der Waals surface area contributed by atoms with Crippen LogP contribution in [0.4, 0.5) is 0 Å². The van der Waals surface area contributed by atoms with Gasteiger partial charge in [0.05, 0.1) is 12.8 Å². The highest BCUT2D eigenvalue weighted by Gasteiger charge is 2.31. The number of carbonyl (C=O) groups excluding carboxylic acids is 3. The molecule has 2 atom stereocenters. The van der Waals surface area contributed by atoms with Gasteiger partial charge in [-0.15, -0.1) is 0 Å². The highest BCUT2D eigenvalue weighted by molar-refractivity contribution is 5.89. The largest absolute Gasteiger partial charge is 0.489 e. The average Bonchev–Trinajstić information content (AvgIpc) is 3.21. The third-order valence-electron chi connectivity index (χ3n) is 9.57. The summed E-state index contributed by atoms with van der Waals surface area (Å²) in [4.78, 5) is 53.9. The van der Waals surface area contributed by atoms with Gasteiger partial charge in [-0.05, 0) is 65.3 Å². The molecule has 0 saturated carbocycles. The van der Waals surface area contributed by atoms with E-state index in [1.165, 1.54) is 0 Å². The molecule has 0 saturated heterocycles. The summed E-state index contributed by atoms with van der Waals surface area (Å²) in [5.41, 5.74) is 25.0. The Kier molecular flexibility index (Phi) is 15.2. The fourth-order valence-corrected chi connectivity index (χ4v) is 6.67. The number of amides is 3. The maximum absolute atomic E-state index is 14.3. The fourth-order valence-electron chi connectivity index (χ4n) is 6.67. The molecule has 0 fully saturated rings. The van der Waals surface area contributed by atoms with E-state index in [0.29, 0.717) is 57.7 Å². The van der Waals surface area contributed by atoms with Gasteiger partial charge in [-0.25, -0.2) is 0 Å². The number of rotatable bonds is 15. The number of hydrogen-bond acceptors (Lipinski definition) is 6. The van der Waals surface area contributed by atoms with Crippen molar-refractivity contribution >= 4 is 40.4 Å². The van der Waals surface area contributed by atoms with Crippen LogP contribution in [-0.4, -0.2) is 84.2 Å². The molecular weight excluding hydrogens is 707 g/mol. The van der Waals surface area contributed by atoms with Crippen LogP contribution in [0.3, 0.4) is 0 Å². The van der Waals surface area contributed by atoms with E-state index in [-0.39, 0.29) is 55.6 Å². The SMILES string of the molecule is NC(N)=NCCC[C@@H]1CN(C(=O)Cc2ccc3ccccc3c2)C/C=C/CN(C(=O)Cc2ccc(OCc3ccccc3)cc2)[C@H](CCCN=C(N)N)C(=O)N1. The second kappa shape index (κ2) is 20.9. The Bertz CT molecular complexity index is 1990. The standard InChI is InChI=1S/C43H53N9O4/c44-42(45)48-22-8-14-36-29-51(39(53)28-33-16-19-34-12-4-5-13-35(34)26-33)24-6-7-25-52(38(41(55)50-36)15-9-23-49-43(46)47)40(54)27-31-17-20-37(21-18-31)56-30-32-10-2-1-3-11-32/h1-7,10-13,16-21,26,36,38H,8-9,14-15,22-25,27-30H2,(H,50,55)(H4,44,45,48)(H4,46,47,49)/b7-6+/t36-,38-/m1/s1. The Balaban J connectivity index is 1.36. The van der Waals surface area contributed by atoms with Crippen LogP contribution >= 0.6 is 0 Å². The number of benzene rings is 4. The molecule has 5 rings (SSSR count). The maximum Gasteiger partial charge on any atom is 0.243 e. The number of fused-ring (bicyclic) bond motifs is 1. The van der Waals surface area contributed by atoms with Crippen LogP contribution in [0.25, 0.3) is 10.8 Å². The van der Waals surface area contributed by atoms with Crippen molar-refractivity contribution in [1.29, 1.82) is 0 Å². The van der Waals surface area contributed by atoms with Crippen molar-refractivity contribution in [2.45, 2.75) is 57.2 Å². The molecule has 0 unspecified atom stereocenters. The second-order valence-corrected chi connectivity index (χ2v) is 13.9. The summed E-state index contributed by atoms with van der Waals surface area (Å²) in [6, 6.07) is 30.1. The molecule has 4 aromatic rings. The monoisotopic (exact) mass is 759 g/mol. The van der Waals surface area contributed by atoms with Gasteiger partial charge in [0.2, 0.25) is 17.7 Å². The Hall–Kier alpha value is -6.37. The molecule has 56 heavy (non-hydrogen) atoms. The quantitative estimate of drug-likeness (QED) is 0.0524. The Morgan fingerprint density at radius 2 is 1.32 bits per heavy atom. The highest BCUT2D eigenvalue weighted by Crippen LogP contribution is 2.20. The number of carbonyl (C=O) groups is 3. The van der Waals surface area contributed by atoms with Crippen LogP contribution in [0.2, 0.25) is 0 Å². The summed E-state index contributed by atoms with van der Waals surface area (Å²) in [7, 11) is 0. The van der Waals surface area contributed by atoms with Crippen molar-refractivity contribution in [2.75, 3.05) is 32.7 Å². The molecule has 294 valence electrons. The van der Waals surface area contributed by atoms with Gasteiger partial charge in [-0.3, -0.25) is 24.4 Å². The normalized spacial score (nSPS) is 16.6. The van der Waals surface area contributed by atoms with E-state index >= 15 is 0 Å². The lowest BCUT2D eigenvalue weighted by molar-refractivity contribution is -0.140. The first-order valence-corrected chi connectivity index (χ1v) is 19.0. The number of nitrogens with two attached hydrogens (primary N) is 4. The summed E-state index contributed by atoms with van der Waals surface area (Å²) in [5.74, 6) is 0.00642. The zero-order valence-corrected chi connectivity index (χ0v) is 31.8. The van der Waals surface area contributed by atoms with Crippen molar-refractivity contribution in [3.05, 3.63) is 126 Å². The number of guanidine groups is 2. The minimum Gasteiger partial charge on any atom is -0.489 e. The maximum atomic E-state index is 14.3. The molecule has 0 bridgehead atoms. The van der Waals surface area contributed by atoms with Gasteiger partial charge < -0.3 is 42.8 Å². The van der Waals surface area contributed by atoms with Crippen LogP contribution < -0.4 is 33.0 Å². The molecule has 4 aromatic carbocycles. The van der Waals surface area contributed by atoms with Gasteiger partial charge in [0.25, 0.3) is 0 Å². The predicted octanol–water partition coefficient (Wildman–Crippen LogP) is 3.39. The van der Waals surface area contributed by atoms with Crippen molar-refractivity contribution in [2.24, 2.45) is 32.9 Å². The third kappa shape index (κ3) is 12.9. The van der Waals surface area contributed by atoms with Crippen LogP contribution in [0, 0.1) is 0 Å². The molecule has 13 heteroatoms. The molecule has 1 aliphatic heterocycles. The molecule has 0 spiro atoms. The number of nitrogens with one attached hydrogen (secondary N) is 1. The van der Waals surface area contributed by atoms with Crippen LogP contribution in [0.1, 0.15) is 42.4 Å². The summed E-state index contributed by atoms with van der Waals surface area (Å²) < 4.78 is 5.94. The molecule has 1 aliphatic rings. The van der Waals surface area contributed by atoms with E-state index in [4.69, 9.17) is 27.7 Å². The number of nitrogens with zero attached hydrogens (tertiary/aromatic N) is 4. The van der Waals surface area contributed by atoms with Gasteiger partial charge in [-0.1, -0.05) is 97.1 Å². The molecular formula is C43H53N9O4. The number of ether oxygens (including phenoxy) is 1. The Morgan fingerprint density at radius 3 is 2.04 bits per heavy atom. The lowest BCUT2D eigenvalue weighted by atomic mass is 10.0. The van der Waals surface area contributed by atoms with Gasteiger partial charge in [0.1, 0.15) is 18.4 Å². The molecule has 0 radical (unpaired) electrons.